The van der Waals surface area contributed by atoms with Crippen molar-refractivity contribution in [2.24, 2.45) is 5.92 Å². The zero-order chi connectivity index (χ0) is 9.68. The highest BCUT2D eigenvalue weighted by Gasteiger charge is 2.27. The molecule has 0 aromatic rings. The molecule has 0 aromatic heterocycles. The van der Waals surface area contributed by atoms with Crippen molar-refractivity contribution in [3.8, 4) is 0 Å². The van der Waals surface area contributed by atoms with Gasteiger partial charge in [-0.15, -0.1) is 0 Å². The Balaban J connectivity index is 2.57. The predicted molar refractivity (Wildman–Crippen MR) is 49.5 cm³/mol. The molecule has 0 bridgehead atoms. The molecule has 3 heteroatoms. The van der Waals surface area contributed by atoms with E-state index in [1.807, 2.05) is 19.1 Å². The third kappa shape index (κ3) is 2.84. The van der Waals surface area contributed by atoms with Gasteiger partial charge in [-0.2, -0.15) is 0 Å². The van der Waals surface area contributed by atoms with Crippen molar-refractivity contribution >= 4 is 5.97 Å². The molecule has 74 valence electrons. The molecule has 1 rings (SSSR count). The normalized spacial score (nSPS) is 24.2. The number of carbonyl (C=O) groups is 1. The van der Waals surface area contributed by atoms with Crippen molar-refractivity contribution in [2.45, 2.75) is 32.3 Å². The maximum Gasteiger partial charge on any atom is 0.333 e. The summed E-state index contributed by atoms with van der Waals surface area (Å²) in [7, 11) is 0. The van der Waals surface area contributed by atoms with Crippen molar-refractivity contribution in [1.29, 1.82) is 0 Å². The Kier molecular flexibility index (Phi) is 3.96. The van der Waals surface area contributed by atoms with E-state index in [9.17, 15) is 4.79 Å². The number of carboxylic acid groups (broad SMARTS) is 1. The molecule has 0 heterocycles. The summed E-state index contributed by atoms with van der Waals surface area (Å²) in [5.74, 6) is -0.787. The molecular weight excluding hydrogens is 168 g/mol. The van der Waals surface area contributed by atoms with Gasteiger partial charge in [0, 0.05) is 12.5 Å². The Labute approximate surface area is 78.4 Å². The lowest BCUT2D eigenvalue weighted by Gasteiger charge is -2.22. The molecule has 0 radical (unpaired) electrons. The molecule has 1 aliphatic rings. The first kappa shape index (κ1) is 10.3. The summed E-state index contributed by atoms with van der Waals surface area (Å²) in [6, 6.07) is 0. The molecule has 0 spiro atoms. The first-order chi connectivity index (χ1) is 6.25. The third-order valence-electron chi connectivity index (χ3n) is 2.27. The Morgan fingerprint density at radius 1 is 1.77 bits per heavy atom. The lowest BCUT2D eigenvalue weighted by Crippen LogP contribution is -2.32. The summed E-state index contributed by atoms with van der Waals surface area (Å²) in [6.07, 6.45) is 6.42. The fourth-order valence-electron chi connectivity index (χ4n) is 1.65. The number of hydrogen-bond acceptors (Lipinski definition) is 2. The minimum absolute atomic E-state index is 0.0613. The molecule has 0 aliphatic heterocycles. The largest absolute Gasteiger partial charge is 0.479 e. The van der Waals surface area contributed by atoms with Crippen LogP contribution in [-0.4, -0.2) is 23.8 Å². The number of allylic oxidation sites excluding steroid dienone is 1. The van der Waals surface area contributed by atoms with Crippen LogP contribution in [0.3, 0.4) is 0 Å². The Morgan fingerprint density at radius 2 is 2.54 bits per heavy atom. The van der Waals surface area contributed by atoms with Crippen molar-refractivity contribution < 1.29 is 14.6 Å². The highest BCUT2D eigenvalue weighted by Crippen LogP contribution is 2.22. The summed E-state index contributed by atoms with van der Waals surface area (Å²) in [6.45, 7) is 2.28. The van der Waals surface area contributed by atoms with Gasteiger partial charge in [0.05, 0.1) is 0 Å². The molecule has 0 fully saturated rings. The molecule has 13 heavy (non-hydrogen) atoms. The van der Waals surface area contributed by atoms with Gasteiger partial charge < -0.3 is 9.84 Å². The highest BCUT2D eigenvalue weighted by atomic mass is 16.5. The summed E-state index contributed by atoms with van der Waals surface area (Å²) in [5, 5.41) is 8.90. The standard InChI is InChI=1S/C10H16O3/c1-2-13-9(10(11)12)8-6-4-3-5-7-8/h4,6,8-9H,2-3,5,7H2,1H3,(H,11,12). The molecule has 1 aliphatic carbocycles. The van der Waals surface area contributed by atoms with Crippen molar-refractivity contribution in [1.82, 2.24) is 0 Å². The van der Waals surface area contributed by atoms with Gasteiger partial charge in [0.25, 0.3) is 0 Å². The first-order valence-corrected chi connectivity index (χ1v) is 4.76. The van der Waals surface area contributed by atoms with Gasteiger partial charge in [-0.1, -0.05) is 12.2 Å². The summed E-state index contributed by atoms with van der Waals surface area (Å²) >= 11 is 0. The van der Waals surface area contributed by atoms with E-state index < -0.39 is 12.1 Å². The maximum atomic E-state index is 10.8. The van der Waals surface area contributed by atoms with Crippen LogP contribution < -0.4 is 0 Å². The van der Waals surface area contributed by atoms with Crippen molar-refractivity contribution in [3.63, 3.8) is 0 Å². The first-order valence-electron chi connectivity index (χ1n) is 4.76. The van der Waals surface area contributed by atoms with Gasteiger partial charge in [-0.25, -0.2) is 4.79 Å². The van der Waals surface area contributed by atoms with Crippen LogP contribution in [0.5, 0.6) is 0 Å². The van der Waals surface area contributed by atoms with Crippen molar-refractivity contribution in [3.05, 3.63) is 12.2 Å². The fraction of sp³-hybridized carbons (Fsp3) is 0.700. The average Bonchev–Trinajstić information content (AvgIpc) is 2.15. The van der Waals surface area contributed by atoms with Gasteiger partial charge in [0.1, 0.15) is 0 Å². The van der Waals surface area contributed by atoms with E-state index >= 15 is 0 Å². The molecule has 0 saturated carbocycles. The monoisotopic (exact) mass is 184 g/mol. The average molecular weight is 184 g/mol. The van der Waals surface area contributed by atoms with Crippen LogP contribution in [-0.2, 0) is 9.53 Å². The summed E-state index contributed by atoms with van der Waals surface area (Å²) in [4.78, 5) is 10.8. The molecule has 3 nitrogen and oxygen atoms in total. The summed E-state index contributed by atoms with van der Waals surface area (Å²) < 4.78 is 5.19. The minimum Gasteiger partial charge on any atom is -0.479 e. The third-order valence-corrected chi connectivity index (χ3v) is 2.27. The van der Waals surface area contributed by atoms with E-state index in [-0.39, 0.29) is 5.92 Å². The molecule has 0 amide bonds. The van der Waals surface area contributed by atoms with E-state index in [1.165, 1.54) is 0 Å². The van der Waals surface area contributed by atoms with Crippen LogP contribution in [0.1, 0.15) is 26.2 Å². The van der Waals surface area contributed by atoms with Gasteiger partial charge in [0.15, 0.2) is 6.10 Å². The maximum absolute atomic E-state index is 10.8. The number of ether oxygens (including phenoxy) is 1. The van der Waals surface area contributed by atoms with Crippen LogP contribution in [0.2, 0.25) is 0 Å². The van der Waals surface area contributed by atoms with E-state index in [0.717, 1.165) is 19.3 Å². The van der Waals surface area contributed by atoms with Gasteiger partial charge in [-0.3, -0.25) is 0 Å². The number of carboxylic acids is 1. The van der Waals surface area contributed by atoms with Crippen LogP contribution >= 0.6 is 0 Å². The smallest absolute Gasteiger partial charge is 0.333 e. The Bertz CT molecular complexity index is 198. The molecule has 0 aromatic carbocycles. The number of hydrogen-bond donors (Lipinski definition) is 1. The molecule has 1 N–H and O–H groups in total. The van der Waals surface area contributed by atoms with Gasteiger partial charge >= 0.3 is 5.97 Å². The Morgan fingerprint density at radius 3 is 3.00 bits per heavy atom. The summed E-state index contributed by atoms with van der Waals surface area (Å²) in [5.41, 5.74) is 0. The second-order valence-corrected chi connectivity index (χ2v) is 3.24. The molecule has 0 saturated heterocycles. The zero-order valence-electron chi connectivity index (χ0n) is 7.90. The Hall–Kier alpha value is -0.830. The van der Waals surface area contributed by atoms with Crippen LogP contribution in [0.15, 0.2) is 12.2 Å². The van der Waals surface area contributed by atoms with E-state index in [4.69, 9.17) is 9.84 Å². The second kappa shape index (κ2) is 5.02. The minimum atomic E-state index is -0.849. The predicted octanol–water partition coefficient (Wildman–Crippen LogP) is 1.83. The quantitative estimate of drug-likeness (QED) is 0.678. The van der Waals surface area contributed by atoms with Crippen molar-refractivity contribution in [2.75, 3.05) is 6.61 Å². The van der Waals surface area contributed by atoms with Gasteiger partial charge in [0.2, 0.25) is 0 Å². The SMILES string of the molecule is CCOC(C(=O)O)C1C=CCCC1. The van der Waals surface area contributed by atoms with Gasteiger partial charge in [-0.05, 0) is 26.2 Å². The fourth-order valence-corrected chi connectivity index (χ4v) is 1.65. The number of aliphatic carboxylic acids is 1. The zero-order valence-corrected chi connectivity index (χ0v) is 7.90. The molecular formula is C10H16O3. The van der Waals surface area contributed by atoms with E-state index in [1.54, 1.807) is 0 Å². The van der Waals surface area contributed by atoms with Crippen LogP contribution in [0.25, 0.3) is 0 Å². The lowest BCUT2D eigenvalue weighted by atomic mass is 9.91. The topological polar surface area (TPSA) is 46.5 Å². The van der Waals surface area contributed by atoms with Crippen LogP contribution in [0, 0.1) is 5.92 Å². The molecule has 2 atom stereocenters. The lowest BCUT2D eigenvalue weighted by molar-refractivity contribution is -0.152. The van der Waals surface area contributed by atoms with Crippen LogP contribution in [0.4, 0.5) is 0 Å². The highest BCUT2D eigenvalue weighted by molar-refractivity contribution is 5.73. The van der Waals surface area contributed by atoms with E-state index in [0.29, 0.717) is 6.61 Å². The molecule has 2 unspecified atom stereocenters. The second-order valence-electron chi connectivity index (χ2n) is 3.24. The van der Waals surface area contributed by atoms with E-state index in [2.05, 4.69) is 0 Å². The number of rotatable bonds is 4.